The molecule has 3 heterocycles. The number of hydrogen-bond acceptors (Lipinski definition) is 3. The van der Waals surface area contributed by atoms with Gasteiger partial charge in [-0.2, -0.15) is 5.10 Å². The number of aromatic nitrogens is 2. The van der Waals surface area contributed by atoms with Gasteiger partial charge >= 0.3 is 5.97 Å². The molecule has 90 valence electrons. The molecule has 0 unspecified atom stereocenters. The number of nitrogens with zero attached hydrogens (tertiary/aromatic N) is 2. The zero-order chi connectivity index (χ0) is 12.7. The fourth-order valence-electron chi connectivity index (χ4n) is 1.75. The van der Waals surface area contributed by atoms with E-state index >= 15 is 0 Å². The van der Waals surface area contributed by atoms with E-state index in [0.717, 1.165) is 5.56 Å². The standard InChI is InChI=1S/C12H7ClN2O3/c13-11-5-7(10-2-1-3-18-10)4-8-6-9(12(16)17)14-15(8)11/h1-6H,(H,16,17). The van der Waals surface area contributed by atoms with Gasteiger partial charge in [0.25, 0.3) is 0 Å². The van der Waals surface area contributed by atoms with Gasteiger partial charge in [-0.3, -0.25) is 0 Å². The highest BCUT2D eigenvalue weighted by Gasteiger charge is 2.12. The lowest BCUT2D eigenvalue weighted by molar-refractivity contribution is 0.0690. The first-order chi connectivity index (χ1) is 8.65. The maximum atomic E-state index is 10.9. The number of carbonyl (C=O) groups is 1. The molecule has 0 saturated heterocycles. The van der Waals surface area contributed by atoms with Crippen molar-refractivity contribution in [2.75, 3.05) is 0 Å². The number of hydrogen-bond donors (Lipinski definition) is 1. The molecule has 0 aromatic carbocycles. The van der Waals surface area contributed by atoms with Gasteiger partial charge in [0.05, 0.1) is 11.8 Å². The van der Waals surface area contributed by atoms with Crippen LogP contribution >= 0.6 is 11.6 Å². The van der Waals surface area contributed by atoms with Crippen LogP contribution in [0.25, 0.3) is 16.8 Å². The highest BCUT2D eigenvalue weighted by atomic mass is 35.5. The minimum atomic E-state index is -1.09. The van der Waals surface area contributed by atoms with E-state index in [-0.39, 0.29) is 5.69 Å². The highest BCUT2D eigenvalue weighted by molar-refractivity contribution is 6.30. The molecule has 5 nitrogen and oxygen atoms in total. The molecular weight excluding hydrogens is 256 g/mol. The van der Waals surface area contributed by atoms with Gasteiger partial charge in [0.2, 0.25) is 0 Å². The molecule has 18 heavy (non-hydrogen) atoms. The summed E-state index contributed by atoms with van der Waals surface area (Å²) in [6.45, 7) is 0. The van der Waals surface area contributed by atoms with Crippen LogP contribution in [0.4, 0.5) is 0 Å². The smallest absolute Gasteiger partial charge is 0.356 e. The molecule has 0 bridgehead atoms. The average Bonchev–Trinajstić information content (AvgIpc) is 2.97. The van der Waals surface area contributed by atoms with Gasteiger partial charge in [0.15, 0.2) is 5.69 Å². The Hall–Kier alpha value is -2.27. The lowest BCUT2D eigenvalue weighted by Gasteiger charge is -2.01. The summed E-state index contributed by atoms with van der Waals surface area (Å²) in [4.78, 5) is 10.9. The van der Waals surface area contributed by atoms with Crippen LogP contribution < -0.4 is 0 Å². The van der Waals surface area contributed by atoms with E-state index in [1.807, 2.05) is 0 Å². The summed E-state index contributed by atoms with van der Waals surface area (Å²) < 4.78 is 6.65. The number of fused-ring (bicyclic) bond motifs is 1. The summed E-state index contributed by atoms with van der Waals surface area (Å²) >= 11 is 6.06. The average molecular weight is 263 g/mol. The molecule has 0 radical (unpaired) electrons. The minimum Gasteiger partial charge on any atom is -0.476 e. The van der Waals surface area contributed by atoms with E-state index in [1.165, 1.54) is 10.6 Å². The Morgan fingerprint density at radius 1 is 1.39 bits per heavy atom. The van der Waals surface area contributed by atoms with Crippen molar-refractivity contribution in [1.82, 2.24) is 9.61 Å². The van der Waals surface area contributed by atoms with Crippen molar-refractivity contribution in [3.8, 4) is 11.3 Å². The molecule has 0 fully saturated rings. The number of halogens is 1. The first-order valence-electron chi connectivity index (χ1n) is 5.11. The van der Waals surface area contributed by atoms with Gasteiger partial charge in [-0.1, -0.05) is 11.6 Å². The fourth-order valence-corrected chi connectivity index (χ4v) is 2.00. The Balaban J connectivity index is 2.24. The summed E-state index contributed by atoms with van der Waals surface area (Å²) in [6, 6.07) is 8.47. The number of carboxylic acid groups (broad SMARTS) is 1. The number of carboxylic acids is 1. The van der Waals surface area contributed by atoms with Crippen molar-refractivity contribution >= 4 is 23.1 Å². The van der Waals surface area contributed by atoms with E-state index in [9.17, 15) is 4.79 Å². The van der Waals surface area contributed by atoms with E-state index < -0.39 is 5.97 Å². The third-order valence-corrected chi connectivity index (χ3v) is 2.81. The monoisotopic (exact) mass is 262 g/mol. The van der Waals surface area contributed by atoms with Gasteiger partial charge in [-0.05, 0) is 30.3 Å². The summed E-state index contributed by atoms with van der Waals surface area (Å²) in [7, 11) is 0. The molecule has 3 aromatic rings. The normalized spacial score (nSPS) is 10.9. The number of aromatic carboxylic acids is 1. The molecule has 0 atom stereocenters. The molecule has 0 aliphatic carbocycles. The van der Waals surface area contributed by atoms with E-state index in [2.05, 4.69) is 5.10 Å². The third kappa shape index (κ3) is 1.65. The number of pyridine rings is 1. The maximum absolute atomic E-state index is 10.9. The van der Waals surface area contributed by atoms with Crippen LogP contribution in [-0.4, -0.2) is 20.7 Å². The largest absolute Gasteiger partial charge is 0.476 e. The Kier molecular flexibility index (Phi) is 2.34. The van der Waals surface area contributed by atoms with Crippen LogP contribution in [0.3, 0.4) is 0 Å². The van der Waals surface area contributed by atoms with Crippen LogP contribution in [0.5, 0.6) is 0 Å². The summed E-state index contributed by atoms with van der Waals surface area (Å²) in [5, 5.41) is 13.1. The molecule has 0 amide bonds. The second-order valence-corrected chi connectivity index (χ2v) is 4.10. The minimum absolute atomic E-state index is 0.0477. The lowest BCUT2D eigenvalue weighted by Crippen LogP contribution is -1.98. The van der Waals surface area contributed by atoms with Crippen LogP contribution in [0.1, 0.15) is 10.5 Å². The zero-order valence-electron chi connectivity index (χ0n) is 9.00. The Bertz CT molecular complexity index is 731. The second-order valence-electron chi connectivity index (χ2n) is 3.72. The number of furan rings is 1. The van der Waals surface area contributed by atoms with E-state index in [0.29, 0.717) is 16.4 Å². The first kappa shape index (κ1) is 10.9. The topological polar surface area (TPSA) is 67.7 Å². The van der Waals surface area contributed by atoms with E-state index in [4.69, 9.17) is 21.1 Å². The third-order valence-electron chi connectivity index (χ3n) is 2.54. The van der Waals surface area contributed by atoms with Crippen LogP contribution in [0, 0.1) is 0 Å². The van der Waals surface area contributed by atoms with Gasteiger partial charge in [0, 0.05) is 5.56 Å². The number of rotatable bonds is 2. The predicted octanol–water partition coefficient (Wildman–Crippen LogP) is 2.95. The molecule has 0 aliphatic rings. The van der Waals surface area contributed by atoms with Crippen LogP contribution in [-0.2, 0) is 0 Å². The van der Waals surface area contributed by atoms with Crippen molar-refractivity contribution in [3.05, 3.63) is 47.4 Å². The highest BCUT2D eigenvalue weighted by Crippen LogP contribution is 2.26. The van der Waals surface area contributed by atoms with Gasteiger partial charge in [0.1, 0.15) is 10.9 Å². The SMILES string of the molecule is O=C(O)c1cc2cc(-c3ccco3)cc(Cl)n2n1. The Morgan fingerprint density at radius 3 is 2.89 bits per heavy atom. The van der Waals surface area contributed by atoms with Crippen molar-refractivity contribution in [2.45, 2.75) is 0 Å². The Labute approximate surface area is 106 Å². The molecular formula is C12H7ClN2O3. The molecule has 0 spiro atoms. The molecule has 0 aliphatic heterocycles. The Morgan fingerprint density at radius 2 is 2.22 bits per heavy atom. The predicted molar refractivity (Wildman–Crippen MR) is 64.9 cm³/mol. The van der Waals surface area contributed by atoms with E-state index in [1.54, 1.807) is 30.5 Å². The summed E-state index contributed by atoms with van der Waals surface area (Å²) in [5.74, 6) is -0.424. The molecule has 0 saturated carbocycles. The molecule has 3 aromatic heterocycles. The first-order valence-corrected chi connectivity index (χ1v) is 5.49. The van der Waals surface area contributed by atoms with Crippen LogP contribution in [0.15, 0.2) is 41.0 Å². The summed E-state index contributed by atoms with van der Waals surface area (Å²) in [5.41, 5.74) is 1.33. The maximum Gasteiger partial charge on any atom is 0.356 e. The molecule has 1 N–H and O–H groups in total. The zero-order valence-corrected chi connectivity index (χ0v) is 9.76. The van der Waals surface area contributed by atoms with Gasteiger partial charge in [-0.15, -0.1) is 0 Å². The lowest BCUT2D eigenvalue weighted by atomic mass is 10.2. The quantitative estimate of drug-likeness (QED) is 0.721. The fraction of sp³-hybridized carbons (Fsp3) is 0. The van der Waals surface area contributed by atoms with Crippen molar-refractivity contribution < 1.29 is 14.3 Å². The summed E-state index contributed by atoms with van der Waals surface area (Å²) in [6.07, 6.45) is 1.56. The van der Waals surface area contributed by atoms with Gasteiger partial charge in [-0.25, -0.2) is 9.31 Å². The van der Waals surface area contributed by atoms with Crippen molar-refractivity contribution in [2.24, 2.45) is 0 Å². The van der Waals surface area contributed by atoms with Crippen molar-refractivity contribution in [1.29, 1.82) is 0 Å². The molecule has 3 rings (SSSR count). The van der Waals surface area contributed by atoms with Crippen molar-refractivity contribution in [3.63, 3.8) is 0 Å². The van der Waals surface area contributed by atoms with Crippen LogP contribution in [0.2, 0.25) is 5.15 Å². The van der Waals surface area contributed by atoms with Gasteiger partial charge < -0.3 is 9.52 Å². The molecule has 6 heteroatoms. The second kappa shape index (κ2) is 3.89.